The molecule has 0 atom stereocenters. The summed E-state index contributed by atoms with van der Waals surface area (Å²) in [7, 11) is -0.123. The summed E-state index contributed by atoms with van der Waals surface area (Å²) in [4.78, 5) is 0.182. The van der Waals surface area contributed by atoms with Crippen molar-refractivity contribution in [2.75, 3.05) is 14.1 Å². The lowest BCUT2D eigenvalue weighted by atomic mass is 10.2. The summed E-state index contributed by atoms with van der Waals surface area (Å²) in [5, 5.41) is 3.27. The quantitative estimate of drug-likeness (QED) is 0.841. The zero-order valence-corrected chi connectivity index (χ0v) is 14.1. The Morgan fingerprint density at radius 1 is 1.30 bits per heavy atom. The summed E-state index contributed by atoms with van der Waals surface area (Å²) in [6.45, 7) is 4.58. The second kappa shape index (κ2) is 7.41. The minimum absolute atomic E-state index is 0.0102. The molecule has 20 heavy (non-hydrogen) atoms. The Bertz CT molecular complexity index is 542. The second-order valence-corrected chi connectivity index (χ2v) is 7.16. The molecule has 1 aromatic rings. The molecule has 1 N–H and O–H groups in total. The van der Waals surface area contributed by atoms with Gasteiger partial charge in [-0.05, 0) is 37.6 Å². The highest BCUT2D eigenvalue weighted by Gasteiger charge is 2.28. The van der Waals surface area contributed by atoms with Crippen molar-refractivity contribution in [1.29, 1.82) is 0 Å². The minimum Gasteiger partial charge on any atom is -0.316 e. The highest BCUT2D eigenvalue weighted by Crippen LogP contribution is 2.27. The zero-order chi connectivity index (χ0) is 15.3. The van der Waals surface area contributed by atoms with Crippen LogP contribution in [0, 0.1) is 0 Å². The molecule has 1 rings (SSSR count). The second-order valence-electron chi connectivity index (χ2n) is 4.79. The Kier molecular flexibility index (Phi) is 6.45. The molecule has 0 bridgehead atoms. The first-order chi connectivity index (χ1) is 9.38. The van der Waals surface area contributed by atoms with Crippen LogP contribution in [0.25, 0.3) is 0 Å². The maximum absolute atomic E-state index is 12.7. The highest BCUT2D eigenvalue weighted by atomic mass is 35.5. The molecule has 0 amide bonds. The van der Waals surface area contributed by atoms with E-state index >= 15 is 0 Å². The Labute approximate surface area is 127 Å². The largest absolute Gasteiger partial charge is 0.316 e. The predicted molar refractivity (Wildman–Crippen MR) is 83.5 cm³/mol. The van der Waals surface area contributed by atoms with Crippen LogP contribution >= 0.6 is 11.6 Å². The number of sulfonamides is 1. The van der Waals surface area contributed by atoms with Gasteiger partial charge in [0, 0.05) is 19.6 Å². The van der Waals surface area contributed by atoms with Gasteiger partial charge < -0.3 is 5.32 Å². The van der Waals surface area contributed by atoms with E-state index < -0.39 is 10.0 Å². The van der Waals surface area contributed by atoms with E-state index in [9.17, 15) is 8.42 Å². The first-order valence-corrected chi connectivity index (χ1v) is 8.61. The summed E-state index contributed by atoms with van der Waals surface area (Å²) >= 11 is 6.09. The number of nitrogens with one attached hydrogen (secondary N) is 1. The van der Waals surface area contributed by atoms with Gasteiger partial charge in [-0.25, -0.2) is 8.42 Å². The van der Waals surface area contributed by atoms with E-state index in [2.05, 4.69) is 5.32 Å². The summed E-state index contributed by atoms with van der Waals surface area (Å²) in [6.07, 6.45) is 1.56. The maximum atomic E-state index is 12.7. The maximum Gasteiger partial charge on any atom is 0.244 e. The van der Waals surface area contributed by atoms with Crippen molar-refractivity contribution in [3.63, 3.8) is 0 Å². The fourth-order valence-electron chi connectivity index (χ4n) is 2.21. The van der Waals surface area contributed by atoms with Crippen LogP contribution in [-0.4, -0.2) is 32.9 Å². The number of hydrogen-bond acceptors (Lipinski definition) is 3. The number of halogens is 1. The van der Waals surface area contributed by atoms with Gasteiger partial charge in [-0.15, -0.1) is 0 Å². The van der Waals surface area contributed by atoms with E-state index in [0.717, 1.165) is 18.4 Å². The lowest BCUT2D eigenvalue weighted by Gasteiger charge is -2.26. The van der Waals surface area contributed by atoms with E-state index in [-0.39, 0.29) is 16.0 Å². The van der Waals surface area contributed by atoms with Gasteiger partial charge in [0.05, 0.1) is 5.02 Å². The van der Waals surface area contributed by atoms with Crippen molar-refractivity contribution in [3.05, 3.63) is 28.8 Å². The van der Waals surface area contributed by atoms with Crippen LogP contribution in [0.5, 0.6) is 0 Å². The standard InChI is InChI=1S/C14H23ClN2O2S/c1-5-12(6-2)17(4)20(18,19)14-9-11(10-16-3)7-8-13(14)15/h7-9,12,16H,5-6,10H2,1-4H3. The zero-order valence-electron chi connectivity index (χ0n) is 12.5. The molecule has 0 fully saturated rings. The van der Waals surface area contributed by atoms with E-state index in [4.69, 9.17) is 11.6 Å². The molecule has 0 heterocycles. The Morgan fingerprint density at radius 3 is 2.40 bits per heavy atom. The molecule has 0 aromatic heterocycles. The molecule has 4 nitrogen and oxygen atoms in total. The fraction of sp³-hybridized carbons (Fsp3) is 0.571. The molecule has 0 aliphatic heterocycles. The summed E-state index contributed by atoms with van der Waals surface area (Å²) < 4.78 is 26.8. The van der Waals surface area contributed by atoms with Gasteiger partial charge in [-0.1, -0.05) is 31.5 Å². The smallest absolute Gasteiger partial charge is 0.244 e. The first-order valence-electron chi connectivity index (χ1n) is 6.79. The lowest BCUT2D eigenvalue weighted by Crippen LogP contribution is -2.36. The summed E-state index contributed by atoms with van der Waals surface area (Å²) in [5.74, 6) is 0. The average molecular weight is 319 g/mol. The molecule has 0 saturated heterocycles. The van der Waals surface area contributed by atoms with Gasteiger partial charge in [0.25, 0.3) is 0 Å². The topological polar surface area (TPSA) is 49.4 Å². The monoisotopic (exact) mass is 318 g/mol. The molecular weight excluding hydrogens is 296 g/mol. The number of nitrogens with zero attached hydrogens (tertiary/aromatic N) is 1. The van der Waals surface area contributed by atoms with Gasteiger partial charge in [-0.2, -0.15) is 4.31 Å². The van der Waals surface area contributed by atoms with Crippen LogP contribution in [0.15, 0.2) is 23.1 Å². The molecule has 1 aromatic carbocycles. The number of benzene rings is 1. The van der Waals surface area contributed by atoms with Crippen molar-refractivity contribution >= 4 is 21.6 Å². The van der Waals surface area contributed by atoms with Crippen LogP contribution < -0.4 is 5.32 Å². The van der Waals surface area contributed by atoms with Crippen molar-refractivity contribution < 1.29 is 8.42 Å². The third kappa shape index (κ3) is 3.73. The number of hydrogen-bond donors (Lipinski definition) is 1. The normalized spacial score (nSPS) is 12.3. The Hall–Kier alpha value is -0.620. The van der Waals surface area contributed by atoms with Gasteiger partial charge in [-0.3, -0.25) is 0 Å². The fourth-order valence-corrected chi connectivity index (χ4v) is 4.24. The van der Waals surface area contributed by atoms with E-state index in [1.165, 1.54) is 4.31 Å². The van der Waals surface area contributed by atoms with E-state index in [1.54, 1.807) is 19.2 Å². The third-order valence-electron chi connectivity index (χ3n) is 3.49. The van der Waals surface area contributed by atoms with Crippen LogP contribution in [0.1, 0.15) is 32.3 Å². The van der Waals surface area contributed by atoms with Gasteiger partial charge in [0.15, 0.2) is 0 Å². The third-order valence-corrected chi connectivity index (χ3v) is 5.88. The van der Waals surface area contributed by atoms with E-state index in [0.29, 0.717) is 6.54 Å². The summed E-state index contributed by atoms with van der Waals surface area (Å²) in [6, 6.07) is 5.10. The summed E-state index contributed by atoms with van der Waals surface area (Å²) in [5.41, 5.74) is 0.897. The SMILES string of the molecule is CCC(CC)N(C)S(=O)(=O)c1cc(CNC)ccc1Cl. The van der Waals surface area contributed by atoms with Gasteiger partial charge in [0.2, 0.25) is 10.0 Å². The molecule has 0 unspecified atom stereocenters. The van der Waals surface area contributed by atoms with Crippen molar-refractivity contribution in [1.82, 2.24) is 9.62 Å². The van der Waals surface area contributed by atoms with Gasteiger partial charge in [0.1, 0.15) is 4.90 Å². The van der Waals surface area contributed by atoms with Crippen molar-refractivity contribution in [2.24, 2.45) is 0 Å². The molecule has 0 radical (unpaired) electrons. The first kappa shape index (κ1) is 17.4. The molecule has 6 heteroatoms. The Morgan fingerprint density at radius 2 is 1.90 bits per heavy atom. The highest BCUT2D eigenvalue weighted by molar-refractivity contribution is 7.89. The van der Waals surface area contributed by atoms with Crippen LogP contribution in [0.2, 0.25) is 5.02 Å². The molecule has 0 spiro atoms. The van der Waals surface area contributed by atoms with Gasteiger partial charge >= 0.3 is 0 Å². The lowest BCUT2D eigenvalue weighted by molar-refractivity contribution is 0.349. The van der Waals surface area contributed by atoms with Crippen molar-refractivity contribution in [3.8, 4) is 0 Å². The molecule has 114 valence electrons. The van der Waals surface area contributed by atoms with Crippen LogP contribution in [0.3, 0.4) is 0 Å². The minimum atomic E-state index is -3.56. The Balaban J connectivity index is 3.23. The van der Waals surface area contributed by atoms with Crippen LogP contribution in [-0.2, 0) is 16.6 Å². The molecule has 0 aliphatic rings. The average Bonchev–Trinajstić information content (AvgIpc) is 2.42. The van der Waals surface area contributed by atoms with E-state index in [1.807, 2.05) is 27.0 Å². The molecular formula is C14H23ClN2O2S. The number of rotatable bonds is 7. The molecule has 0 aliphatic carbocycles. The van der Waals surface area contributed by atoms with Crippen molar-refractivity contribution in [2.45, 2.75) is 44.2 Å². The molecule has 0 saturated carbocycles. The van der Waals surface area contributed by atoms with Crippen LogP contribution in [0.4, 0.5) is 0 Å². The predicted octanol–water partition coefficient (Wildman–Crippen LogP) is 2.87.